The maximum absolute atomic E-state index is 12.9. The minimum Gasteiger partial charge on any atom is -0.422 e. The van der Waals surface area contributed by atoms with E-state index in [1.807, 2.05) is 36.4 Å². The van der Waals surface area contributed by atoms with Gasteiger partial charge in [0.1, 0.15) is 11.1 Å². The number of nitrogens with one attached hydrogen (secondary N) is 1. The Kier molecular flexibility index (Phi) is 5.81. The molecule has 0 radical (unpaired) electrons. The summed E-state index contributed by atoms with van der Waals surface area (Å²) in [6.45, 7) is 3.85. The SMILES string of the molecule is O=C(Nc1nc(-c2ccccc2)c(CN2CCOCC2)s1)c1cc2ccccc2oc1=O. The van der Waals surface area contributed by atoms with Crippen molar-refractivity contribution < 1.29 is 13.9 Å². The van der Waals surface area contributed by atoms with Crippen LogP contribution in [0.1, 0.15) is 15.2 Å². The Bertz CT molecular complexity index is 1310. The number of hydrogen-bond donors (Lipinski definition) is 1. The first kappa shape index (κ1) is 20.6. The molecule has 5 rings (SSSR count). The summed E-state index contributed by atoms with van der Waals surface area (Å²) >= 11 is 1.42. The Labute approximate surface area is 188 Å². The van der Waals surface area contributed by atoms with Gasteiger partial charge in [-0.05, 0) is 12.1 Å². The quantitative estimate of drug-likeness (QED) is 0.466. The molecule has 0 saturated carbocycles. The van der Waals surface area contributed by atoms with E-state index in [1.165, 1.54) is 11.3 Å². The predicted octanol–water partition coefficient (Wildman–Crippen LogP) is 4.00. The number of ether oxygens (including phenoxy) is 1. The van der Waals surface area contributed by atoms with E-state index in [-0.39, 0.29) is 5.56 Å². The van der Waals surface area contributed by atoms with Crippen LogP contribution in [0.25, 0.3) is 22.2 Å². The number of carbonyl (C=O) groups excluding carboxylic acids is 1. The van der Waals surface area contributed by atoms with Gasteiger partial charge in [-0.3, -0.25) is 15.0 Å². The van der Waals surface area contributed by atoms with Crippen molar-refractivity contribution in [2.75, 3.05) is 31.6 Å². The molecular formula is C24H21N3O4S. The summed E-state index contributed by atoms with van der Waals surface area (Å²) in [5.74, 6) is -0.532. The first-order valence-electron chi connectivity index (χ1n) is 10.4. The van der Waals surface area contributed by atoms with Gasteiger partial charge >= 0.3 is 5.63 Å². The standard InChI is InChI=1S/C24H21N3O4S/c28-22(18-14-17-8-4-5-9-19(17)31-23(18)29)26-24-25-21(16-6-2-1-3-7-16)20(32-24)15-27-10-12-30-13-11-27/h1-9,14H,10-13,15H2,(H,25,26,28). The molecule has 2 aromatic carbocycles. The molecule has 1 amide bonds. The molecule has 0 aliphatic carbocycles. The molecule has 0 atom stereocenters. The fraction of sp³-hybridized carbons (Fsp3) is 0.208. The maximum atomic E-state index is 12.9. The highest BCUT2D eigenvalue weighted by molar-refractivity contribution is 7.16. The Morgan fingerprint density at radius 1 is 1.06 bits per heavy atom. The summed E-state index contributed by atoms with van der Waals surface area (Å²) in [6.07, 6.45) is 0. The van der Waals surface area contributed by atoms with Crippen LogP contribution in [0.4, 0.5) is 5.13 Å². The average molecular weight is 448 g/mol. The third-order valence-electron chi connectivity index (χ3n) is 5.32. The van der Waals surface area contributed by atoms with Crippen molar-refractivity contribution in [3.8, 4) is 11.3 Å². The van der Waals surface area contributed by atoms with E-state index in [0.29, 0.717) is 29.3 Å². The third kappa shape index (κ3) is 4.34. The van der Waals surface area contributed by atoms with Crippen LogP contribution < -0.4 is 10.9 Å². The lowest BCUT2D eigenvalue weighted by atomic mass is 10.1. The highest BCUT2D eigenvalue weighted by Crippen LogP contribution is 2.32. The Morgan fingerprint density at radius 3 is 2.62 bits per heavy atom. The van der Waals surface area contributed by atoms with Crippen molar-refractivity contribution in [2.24, 2.45) is 0 Å². The van der Waals surface area contributed by atoms with Gasteiger partial charge in [-0.1, -0.05) is 59.9 Å². The van der Waals surface area contributed by atoms with Crippen molar-refractivity contribution >= 4 is 33.3 Å². The van der Waals surface area contributed by atoms with Crippen molar-refractivity contribution in [2.45, 2.75) is 6.54 Å². The normalized spacial score (nSPS) is 14.5. The number of carbonyl (C=O) groups is 1. The maximum Gasteiger partial charge on any atom is 0.349 e. The molecule has 32 heavy (non-hydrogen) atoms. The van der Waals surface area contributed by atoms with Crippen LogP contribution in [0.5, 0.6) is 0 Å². The van der Waals surface area contributed by atoms with Crippen LogP contribution in [-0.2, 0) is 11.3 Å². The zero-order chi connectivity index (χ0) is 21.9. The van der Waals surface area contributed by atoms with Gasteiger partial charge in [0.25, 0.3) is 5.91 Å². The summed E-state index contributed by atoms with van der Waals surface area (Å²) in [5.41, 5.74) is 1.55. The molecule has 1 aliphatic heterocycles. The van der Waals surface area contributed by atoms with Gasteiger partial charge in [-0.25, -0.2) is 9.78 Å². The van der Waals surface area contributed by atoms with E-state index in [2.05, 4.69) is 10.2 Å². The molecule has 0 spiro atoms. The summed E-state index contributed by atoms with van der Waals surface area (Å²) in [5, 5.41) is 3.93. The molecule has 4 aromatic rings. The minimum atomic E-state index is -0.672. The highest BCUT2D eigenvalue weighted by Gasteiger charge is 2.21. The van der Waals surface area contributed by atoms with Gasteiger partial charge in [0.2, 0.25) is 0 Å². The molecule has 2 aromatic heterocycles. The van der Waals surface area contributed by atoms with Gasteiger partial charge in [-0.15, -0.1) is 0 Å². The second kappa shape index (κ2) is 9.04. The van der Waals surface area contributed by atoms with Gasteiger partial charge < -0.3 is 9.15 Å². The average Bonchev–Trinajstić information content (AvgIpc) is 3.21. The number of morpholine rings is 1. The fourth-order valence-corrected chi connectivity index (χ4v) is 4.70. The second-order valence-electron chi connectivity index (χ2n) is 7.48. The Balaban J connectivity index is 1.45. The molecule has 0 unspecified atom stereocenters. The number of benzene rings is 2. The van der Waals surface area contributed by atoms with E-state index in [9.17, 15) is 9.59 Å². The number of hydrogen-bond acceptors (Lipinski definition) is 7. The predicted molar refractivity (Wildman–Crippen MR) is 124 cm³/mol. The monoisotopic (exact) mass is 447 g/mol. The van der Waals surface area contributed by atoms with Crippen LogP contribution in [0.3, 0.4) is 0 Å². The number of amides is 1. The van der Waals surface area contributed by atoms with E-state index in [4.69, 9.17) is 14.1 Å². The lowest BCUT2D eigenvalue weighted by molar-refractivity contribution is 0.0347. The molecular weight excluding hydrogens is 426 g/mol. The summed E-state index contributed by atoms with van der Waals surface area (Å²) in [7, 11) is 0. The lowest BCUT2D eigenvalue weighted by Crippen LogP contribution is -2.35. The van der Waals surface area contributed by atoms with Crippen molar-refractivity contribution in [3.05, 3.63) is 81.5 Å². The van der Waals surface area contributed by atoms with Crippen LogP contribution in [0.2, 0.25) is 0 Å². The molecule has 0 bridgehead atoms. The zero-order valence-electron chi connectivity index (χ0n) is 17.2. The molecule has 3 heterocycles. The number of fused-ring (bicyclic) bond motifs is 1. The second-order valence-corrected chi connectivity index (χ2v) is 8.57. The topological polar surface area (TPSA) is 84.7 Å². The Hall–Kier alpha value is -3.33. The molecule has 1 N–H and O–H groups in total. The molecule has 1 fully saturated rings. The van der Waals surface area contributed by atoms with Gasteiger partial charge in [0.05, 0.1) is 18.9 Å². The van der Waals surface area contributed by atoms with E-state index < -0.39 is 11.5 Å². The third-order valence-corrected chi connectivity index (χ3v) is 6.28. The summed E-state index contributed by atoms with van der Waals surface area (Å²) < 4.78 is 10.7. The molecule has 7 nitrogen and oxygen atoms in total. The Morgan fingerprint density at radius 2 is 1.81 bits per heavy atom. The number of anilines is 1. The number of rotatable bonds is 5. The largest absolute Gasteiger partial charge is 0.422 e. The number of aromatic nitrogens is 1. The molecule has 8 heteroatoms. The van der Waals surface area contributed by atoms with E-state index in [1.54, 1.807) is 24.3 Å². The number of nitrogens with zero attached hydrogens (tertiary/aromatic N) is 2. The molecule has 1 aliphatic rings. The highest BCUT2D eigenvalue weighted by atomic mass is 32.1. The first-order chi connectivity index (χ1) is 15.7. The first-order valence-corrected chi connectivity index (χ1v) is 11.2. The van der Waals surface area contributed by atoms with Crippen molar-refractivity contribution in [3.63, 3.8) is 0 Å². The van der Waals surface area contributed by atoms with Gasteiger partial charge in [-0.2, -0.15) is 0 Å². The molecule has 162 valence electrons. The lowest BCUT2D eigenvalue weighted by Gasteiger charge is -2.26. The van der Waals surface area contributed by atoms with E-state index in [0.717, 1.165) is 35.8 Å². The van der Waals surface area contributed by atoms with Gasteiger partial charge in [0, 0.05) is 35.5 Å². The minimum absolute atomic E-state index is 0.0464. The molecule has 1 saturated heterocycles. The van der Waals surface area contributed by atoms with Crippen LogP contribution in [-0.4, -0.2) is 42.1 Å². The zero-order valence-corrected chi connectivity index (χ0v) is 18.1. The van der Waals surface area contributed by atoms with E-state index >= 15 is 0 Å². The van der Waals surface area contributed by atoms with Gasteiger partial charge in [0.15, 0.2) is 5.13 Å². The van der Waals surface area contributed by atoms with Crippen LogP contribution in [0.15, 0.2) is 69.9 Å². The van der Waals surface area contributed by atoms with Crippen LogP contribution >= 0.6 is 11.3 Å². The summed E-state index contributed by atoms with van der Waals surface area (Å²) in [4.78, 5) is 33.3. The van der Waals surface area contributed by atoms with Crippen LogP contribution in [0, 0.1) is 0 Å². The van der Waals surface area contributed by atoms with Crippen molar-refractivity contribution in [1.82, 2.24) is 9.88 Å². The number of para-hydroxylation sites is 1. The summed E-state index contributed by atoms with van der Waals surface area (Å²) in [6, 6.07) is 18.5. The number of thiazole rings is 1. The smallest absolute Gasteiger partial charge is 0.349 e. The van der Waals surface area contributed by atoms with Crippen molar-refractivity contribution in [1.29, 1.82) is 0 Å². The fourth-order valence-electron chi connectivity index (χ4n) is 3.68.